The normalized spacial score (nSPS) is 13.1. The first-order valence-corrected chi connectivity index (χ1v) is 48.6. The number of rotatable bonds is 12. The minimum Gasteiger partial charge on any atom is -0.509 e. The van der Waals surface area contributed by atoms with Gasteiger partial charge in [-0.25, -0.2) is 15.0 Å². The number of fused-ring (bicyclic) bond motifs is 24. The van der Waals surface area contributed by atoms with Crippen LogP contribution in [0, 0.1) is 56.4 Å². The van der Waals surface area contributed by atoms with Crippen LogP contribution in [-0.2, 0) is 86.5 Å². The Labute approximate surface area is 888 Å². The number of aromatic nitrogens is 7. The molecule has 9 aromatic heterocycles. The summed E-state index contributed by atoms with van der Waals surface area (Å²) in [5, 5.41) is 14.0. The van der Waals surface area contributed by atoms with Crippen molar-refractivity contribution >= 4 is 192 Å². The fourth-order valence-electron chi connectivity index (χ4n) is 20.7. The molecule has 0 aliphatic carbocycles. The molecular weight excluding hydrogens is 2350 g/mol. The Morgan fingerprint density at radius 1 is 0.283 bits per heavy atom. The summed E-state index contributed by atoms with van der Waals surface area (Å²) in [6.07, 6.45) is 5.68. The van der Waals surface area contributed by atoms with Crippen LogP contribution < -0.4 is 43.6 Å². The molecule has 0 bridgehead atoms. The number of pyridine rings is 3. The summed E-state index contributed by atoms with van der Waals surface area (Å²) >= 11 is 1.84. The third-order valence-corrected chi connectivity index (χ3v) is 28.7. The quantitative estimate of drug-likeness (QED) is 0.108. The van der Waals surface area contributed by atoms with Gasteiger partial charge in [-0.15, -0.1) is 136 Å². The second kappa shape index (κ2) is 37.1. The summed E-state index contributed by atoms with van der Waals surface area (Å²) in [5.74, 6) is 6.29. The summed E-state index contributed by atoms with van der Waals surface area (Å²) in [4.78, 5) is 27.5. The number of aryl methyl sites for hydroxylation is 1. The van der Waals surface area contributed by atoms with E-state index in [0.29, 0.717) is 34.5 Å². The first-order valence-electron chi connectivity index (χ1n) is 47.8. The Morgan fingerprint density at radius 2 is 0.634 bits per heavy atom. The summed E-state index contributed by atoms with van der Waals surface area (Å²) in [6.45, 7) is 26.3. The maximum Gasteiger partial charge on any atom is 0.137 e. The summed E-state index contributed by atoms with van der Waals surface area (Å²) in [7, 11) is 8.42. The molecule has 0 saturated carbocycles. The molecule has 12 heterocycles. The van der Waals surface area contributed by atoms with Crippen LogP contribution in [0.2, 0.25) is 0 Å². The largest absolute Gasteiger partial charge is 0.509 e. The van der Waals surface area contributed by atoms with Crippen molar-refractivity contribution in [1.82, 2.24) is 33.2 Å². The number of ether oxygens (including phenoxy) is 3. The molecule has 24 aromatic rings. The molecule has 21 heteroatoms. The summed E-state index contributed by atoms with van der Waals surface area (Å²) in [6, 6.07) is 128. The fraction of sp³-hybridized carbons (Fsp3) is 0.129. The molecule has 3 aliphatic heterocycles. The maximum absolute atomic E-state index is 6.50. The van der Waals surface area contributed by atoms with Gasteiger partial charge in [0.2, 0.25) is 0 Å². The number of anilines is 9. The van der Waals surface area contributed by atoms with Crippen molar-refractivity contribution < 1.29 is 81.8 Å². The molecule has 0 atom stereocenters. The second-order valence-corrected chi connectivity index (χ2v) is 40.9. The van der Waals surface area contributed by atoms with E-state index < -0.39 is 0 Å². The van der Waals surface area contributed by atoms with Gasteiger partial charge < -0.3 is 66.3 Å². The van der Waals surface area contributed by atoms with E-state index in [9.17, 15) is 0 Å². The van der Waals surface area contributed by atoms with Crippen molar-refractivity contribution in [1.29, 1.82) is 0 Å². The minimum atomic E-state index is -0.00427. The van der Waals surface area contributed by atoms with E-state index in [2.05, 4.69) is 425 Å². The topological polar surface area (TPSA) is 119 Å². The first-order chi connectivity index (χ1) is 68.9. The standard InChI is InChI=1S/C42H34N5O.C41H31N4O2.C41H31N4OS.3Pt/c1-42(2,3)27-21-22-43-39(23-27)47-35-16-9-6-13-31(35)32-18-17-30(25-38(32)47)48-29-12-10-11-28(24-29)46-26-44(4)41-37(46)20-19-36-40(41)33-14-7-8-15-34(33)45(36)5;2*1-41(2,3)26-20-21-42-38(22-26)45-33-14-7-5-12-30(33)31-17-16-29(24-35(31)45)46-28-11-9-10-27(23-28)44-25-43(4)40-34(44)18-19-37-39(40)32-13-6-8-15-36(32)47-37;;;/h6-23,26H,1-5H3;2*5-22,25H,1-4H3;;;/q3*-3;;;. The Hall–Kier alpha value is -14.8. The zero-order valence-corrected chi connectivity index (χ0v) is 89.3. The van der Waals surface area contributed by atoms with E-state index in [4.69, 9.17) is 33.6 Å². The van der Waals surface area contributed by atoms with Gasteiger partial charge in [0.05, 0.1) is 10.9 Å². The third-order valence-electron chi connectivity index (χ3n) is 27.6. The fourth-order valence-corrected chi connectivity index (χ4v) is 21.8. The van der Waals surface area contributed by atoms with Crippen LogP contribution in [0.4, 0.5) is 51.2 Å². The van der Waals surface area contributed by atoms with Crippen LogP contribution in [0.25, 0.3) is 147 Å². The Balaban J connectivity index is 0.000000123. The number of benzene rings is 15. The molecule has 0 fully saturated rings. The van der Waals surface area contributed by atoms with Crippen LogP contribution in [0.1, 0.15) is 79.0 Å². The molecule has 0 radical (unpaired) electrons. The molecule has 145 heavy (non-hydrogen) atoms. The molecule has 0 amide bonds. The van der Waals surface area contributed by atoms with Crippen molar-refractivity contribution in [2.45, 2.75) is 78.6 Å². The van der Waals surface area contributed by atoms with Gasteiger partial charge >= 0.3 is 0 Å². The van der Waals surface area contributed by atoms with Gasteiger partial charge in [0.1, 0.15) is 28.6 Å². The van der Waals surface area contributed by atoms with Crippen LogP contribution in [0.3, 0.4) is 0 Å². The Morgan fingerprint density at radius 3 is 1.06 bits per heavy atom. The second-order valence-electron chi connectivity index (χ2n) is 39.8. The molecule has 17 nitrogen and oxygen atoms in total. The van der Waals surface area contributed by atoms with Gasteiger partial charge in [0.15, 0.2) is 0 Å². The van der Waals surface area contributed by atoms with Crippen molar-refractivity contribution in [2.24, 2.45) is 7.05 Å². The average Bonchev–Trinajstić information content (AvgIpc) is 1.55. The van der Waals surface area contributed by atoms with Gasteiger partial charge in [0.25, 0.3) is 0 Å². The Bertz CT molecular complexity index is 8900. The third kappa shape index (κ3) is 16.6. The van der Waals surface area contributed by atoms with Crippen LogP contribution >= 0.6 is 11.3 Å². The van der Waals surface area contributed by atoms with E-state index in [1.165, 1.54) is 70.0 Å². The predicted octanol–water partition coefficient (Wildman–Crippen LogP) is 31.6. The molecule has 0 spiro atoms. The molecule has 726 valence electrons. The van der Waals surface area contributed by atoms with E-state index >= 15 is 0 Å². The zero-order chi connectivity index (χ0) is 96.5. The van der Waals surface area contributed by atoms with Crippen LogP contribution in [-0.4, -0.2) is 54.4 Å². The summed E-state index contributed by atoms with van der Waals surface area (Å²) in [5.41, 5.74) is 23.3. The molecule has 0 saturated heterocycles. The smallest absolute Gasteiger partial charge is 0.137 e. The Kier molecular flexibility index (Phi) is 24.4. The van der Waals surface area contributed by atoms with E-state index in [1.54, 1.807) is 0 Å². The molecular formula is C124H96N13O4Pt3S-9. The number of hydrogen-bond donors (Lipinski definition) is 0. The van der Waals surface area contributed by atoms with E-state index in [0.717, 1.165) is 145 Å². The average molecular weight is 2450 g/mol. The zero-order valence-electron chi connectivity index (χ0n) is 81.7. The number of furan rings is 1. The minimum absolute atomic E-state index is 0. The molecule has 0 unspecified atom stereocenters. The first kappa shape index (κ1) is 95.1. The van der Waals surface area contributed by atoms with Gasteiger partial charge in [-0.3, -0.25) is 0 Å². The summed E-state index contributed by atoms with van der Waals surface area (Å²) < 4.78 is 37.0. The molecule has 27 rings (SSSR count). The van der Waals surface area contributed by atoms with Crippen LogP contribution in [0.5, 0.6) is 34.5 Å². The van der Waals surface area contributed by atoms with E-state index in [-0.39, 0.29) is 79.4 Å². The van der Waals surface area contributed by atoms with Crippen LogP contribution in [0.15, 0.2) is 332 Å². The number of para-hydroxylation sites is 5. The van der Waals surface area contributed by atoms with Gasteiger partial charge in [-0.05, 0) is 179 Å². The SMILES string of the molecule is CN1[CH-]N(c2[c-]c(Oc3[c-]c4c(cc3)c3ccccc3n4-c3cc(C(C)(C)C)ccn3)ccc2)c2ccc3c(c21)c1ccccc1n3C.CN1[CH-]N(c2[c-]c(Oc3[c-]c4c(cc3)c3ccccc3n4-c3cc(C(C)(C)C)ccn3)ccc2)c2ccc3oc4ccccc4c3c21.CN1[CH-]N(c2[c-]c(Oc3[c-]c4c(cc3)c3ccccc3n4-c3cc(C(C)(C)C)ccn3)ccc2)c2ccc3sc4ccccc4c3c21.[Pt].[Pt].[Pt]. The van der Waals surface area contributed by atoms with Crippen molar-refractivity contribution in [3.63, 3.8) is 0 Å². The number of thiophene rings is 1. The van der Waals surface area contributed by atoms with Gasteiger partial charge in [-0.1, -0.05) is 188 Å². The van der Waals surface area contributed by atoms with Crippen molar-refractivity contribution in [2.75, 3.05) is 50.5 Å². The van der Waals surface area contributed by atoms with Crippen molar-refractivity contribution in [3.05, 3.63) is 401 Å². The van der Waals surface area contributed by atoms with Crippen molar-refractivity contribution in [3.8, 4) is 52.0 Å². The van der Waals surface area contributed by atoms with Gasteiger partial charge in [0, 0.05) is 216 Å². The maximum atomic E-state index is 6.50. The number of hydrogen-bond acceptors (Lipinski definition) is 14. The molecule has 15 aromatic carbocycles. The molecule has 0 N–H and O–H groups in total. The number of nitrogens with zero attached hydrogens (tertiary/aromatic N) is 13. The van der Waals surface area contributed by atoms with E-state index in [1.807, 2.05) is 109 Å². The monoisotopic (exact) mass is 2450 g/mol. The predicted molar refractivity (Wildman–Crippen MR) is 582 cm³/mol. The molecule has 3 aliphatic rings. The van der Waals surface area contributed by atoms with Gasteiger partial charge in [-0.2, -0.15) is 56.4 Å².